The van der Waals surface area contributed by atoms with Crippen molar-refractivity contribution in [1.29, 1.82) is 0 Å². The van der Waals surface area contributed by atoms with E-state index in [0.29, 0.717) is 98.0 Å². The molecule has 404 valence electrons. The number of hydrogen-bond acceptors (Lipinski definition) is 12. The number of allylic oxidation sites excluding steroid dienone is 2. The van der Waals surface area contributed by atoms with Gasteiger partial charge in [-0.2, -0.15) is 0 Å². The van der Waals surface area contributed by atoms with E-state index in [-0.39, 0.29) is 65.3 Å². The molecule has 5 heterocycles. The number of unbranched alkanes of at least 4 members (excludes halogenated alkanes) is 2. The second-order valence-corrected chi connectivity index (χ2v) is 24.1. The Kier molecular flexibility index (Phi) is 17.2. The largest absolute Gasteiger partial charge is 0.508 e. The number of hydrogen-bond donors (Lipinski definition) is 7. The number of guanidine groups is 1. The van der Waals surface area contributed by atoms with Gasteiger partial charge in [0, 0.05) is 55.6 Å². The maximum Gasteiger partial charge on any atom is 0.188 e. The molecule has 12 heteroatoms. The molecule has 2 saturated carbocycles. The number of aliphatic imine (C=N–C) groups is 1. The third kappa shape index (κ3) is 11.3. The van der Waals surface area contributed by atoms with E-state index >= 15 is 0 Å². The molecule has 74 heavy (non-hydrogen) atoms. The zero-order chi connectivity index (χ0) is 52.3. The van der Waals surface area contributed by atoms with E-state index in [0.717, 1.165) is 110 Å². The summed E-state index contributed by atoms with van der Waals surface area (Å²) in [5.74, 6) is 3.58. The van der Waals surface area contributed by atoms with E-state index in [1.807, 2.05) is 12.1 Å². The molecule has 12 rings (SSSR count). The van der Waals surface area contributed by atoms with Gasteiger partial charge in [-0.3, -0.25) is 4.99 Å². The minimum atomic E-state index is -0.929. The number of nitrogens with zero attached hydrogens (tertiary/aromatic N) is 1. The van der Waals surface area contributed by atoms with Gasteiger partial charge in [0.15, 0.2) is 17.5 Å². The van der Waals surface area contributed by atoms with Crippen molar-refractivity contribution < 1.29 is 44.5 Å². The van der Waals surface area contributed by atoms with E-state index in [4.69, 9.17) is 24.9 Å². The molecule has 3 aromatic carbocycles. The Bertz CT molecular complexity index is 2490. The fraction of sp³-hybridized carbons (Fsp3) is 0.645. The SMILES string of the molecule is CCCCCC(C)C1CC2C=CC1CC(O)CC1(CCCC1CC=O)CN=C(N)NCCC1C(CO)CCCC1Oc1cc(ccc1O)C1Oc3cc(OC)c4c(c3CC1O)C2Cc1cc(O)c(CC(C)C)cc1-4. The van der Waals surface area contributed by atoms with Crippen LogP contribution in [0.25, 0.3) is 11.1 Å². The van der Waals surface area contributed by atoms with E-state index in [1.54, 1.807) is 25.3 Å². The van der Waals surface area contributed by atoms with Crippen molar-refractivity contribution in [2.75, 3.05) is 26.8 Å². The molecular weight excluding hydrogens is 931 g/mol. The van der Waals surface area contributed by atoms with Crippen LogP contribution in [-0.4, -0.2) is 82.9 Å². The molecule has 1 spiro atoms. The number of aldehydes is 1. The zero-order valence-electron chi connectivity index (χ0n) is 44.9. The molecule has 0 amide bonds. The Hall–Kier alpha value is -4.78. The molecule has 9 aliphatic rings. The smallest absolute Gasteiger partial charge is 0.188 e. The second kappa shape index (κ2) is 23.6. The number of carbonyl (C=O) groups is 1. The van der Waals surface area contributed by atoms with Crippen molar-refractivity contribution in [1.82, 2.24) is 5.32 Å². The molecule has 5 aliphatic heterocycles. The summed E-state index contributed by atoms with van der Waals surface area (Å²) >= 11 is 0. The summed E-state index contributed by atoms with van der Waals surface area (Å²) in [5.41, 5.74) is 13.1. The number of aliphatic hydroxyl groups excluding tert-OH is 3. The molecule has 13 unspecified atom stereocenters. The number of fused-ring (bicyclic) bond motifs is 2. The van der Waals surface area contributed by atoms with Crippen LogP contribution in [-0.2, 0) is 24.1 Å². The molecule has 0 saturated heterocycles. The number of nitrogens with one attached hydrogen (secondary N) is 1. The predicted molar refractivity (Wildman–Crippen MR) is 291 cm³/mol. The Labute approximate surface area is 440 Å². The van der Waals surface area contributed by atoms with Crippen molar-refractivity contribution in [3.8, 4) is 39.9 Å². The monoisotopic (exact) mass is 1020 g/mol. The summed E-state index contributed by atoms with van der Waals surface area (Å²) in [7, 11) is 1.71. The van der Waals surface area contributed by atoms with Gasteiger partial charge < -0.3 is 55.6 Å². The second-order valence-electron chi connectivity index (χ2n) is 24.1. The summed E-state index contributed by atoms with van der Waals surface area (Å²) in [6.07, 6.45) is 18.0. The van der Waals surface area contributed by atoms with Gasteiger partial charge in [-0.05, 0) is 175 Å². The van der Waals surface area contributed by atoms with Crippen LogP contribution in [0.3, 0.4) is 0 Å². The Morgan fingerprint density at radius 2 is 1.77 bits per heavy atom. The normalized spacial score (nSPS) is 31.4. The lowest BCUT2D eigenvalue weighted by atomic mass is 9.62. The number of nitrogens with two attached hydrogens (primary N) is 1. The highest BCUT2D eigenvalue weighted by atomic mass is 16.5. The van der Waals surface area contributed by atoms with Crippen LogP contribution in [0, 0.1) is 52.8 Å². The standard InChI is InChI=1S/C62H87N3O9/c1-6-7-8-11-37(4)47-26-39-16-15-38(47)25-45(68)33-62(21-10-13-44(62)20-23-66)35-65-61(63)64-22-19-46-41(34-67)12-9-14-54(46)73-56-30-40(17-18-51(56)69)60-53(71)31-50-55(74-60)32-57(72-5)59-49-28-43(24-36(2)3)52(70)29-42(49)27-48(39)58(50)59/h15-18,23,28-30,32,36-39,41,44-48,53-54,60,67-71H,6-14,19-22,24-27,31,33-35H2,1-5H3,(H3,63,64,65). The molecule has 2 fully saturated rings. The van der Waals surface area contributed by atoms with Crippen LogP contribution in [0.5, 0.6) is 28.7 Å². The van der Waals surface area contributed by atoms with Gasteiger partial charge in [0.1, 0.15) is 35.7 Å². The minimum absolute atomic E-state index is 0.00768. The fourth-order valence-corrected chi connectivity index (χ4v) is 15.0. The average molecular weight is 1020 g/mol. The third-order valence-corrected chi connectivity index (χ3v) is 18.8. The first-order valence-electron chi connectivity index (χ1n) is 28.6. The quantitative estimate of drug-likeness (QED) is 0.0548. The van der Waals surface area contributed by atoms with E-state index < -0.39 is 18.3 Å². The lowest BCUT2D eigenvalue weighted by Crippen LogP contribution is -2.42. The molecule has 12 nitrogen and oxygen atoms in total. The van der Waals surface area contributed by atoms with E-state index in [1.165, 1.54) is 6.42 Å². The van der Waals surface area contributed by atoms with Crippen LogP contribution in [0.2, 0.25) is 0 Å². The molecule has 13 atom stereocenters. The summed E-state index contributed by atoms with van der Waals surface area (Å²) < 4.78 is 20.2. The fourth-order valence-electron chi connectivity index (χ4n) is 15.0. The summed E-state index contributed by atoms with van der Waals surface area (Å²) in [6, 6.07) is 11.4. The number of aromatic hydroxyl groups is 2. The van der Waals surface area contributed by atoms with Gasteiger partial charge in [-0.1, -0.05) is 78.0 Å². The third-order valence-electron chi connectivity index (χ3n) is 18.8. The van der Waals surface area contributed by atoms with E-state index in [2.05, 4.69) is 51.2 Å². The van der Waals surface area contributed by atoms with Crippen molar-refractivity contribution in [3.63, 3.8) is 0 Å². The number of phenolic OH excluding ortho intramolecular Hbond substituents is 2. The maximum atomic E-state index is 12.4. The average Bonchev–Trinajstić information content (AvgIpc) is 3.78. The van der Waals surface area contributed by atoms with Crippen molar-refractivity contribution in [3.05, 3.63) is 76.4 Å². The first-order valence-corrected chi connectivity index (χ1v) is 28.6. The van der Waals surface area contributed by atoms with Crippen LogP contribution in [0.4, 0.5) is 0 Å². The van der Waals surface area contributed by atoms with Gasteiger partial charge >= 0.3 is 0 Å². The molecule has 8 bridgehead atoms. The molecule has 0 radical (unpaired) electrons. The highest BCUT2D eigenvalue weighted by molar-refractivity contribution is 5.84. The Balaban J connectivity index is 1.17. The Morgan fingerprint density at radius 1 is 0.946 bits per heavy atom. The van der Waals surface area contributed by atoms with Gasteiger partial charge in [0.2, 0.25) is 0 Å². The number of aliphatic hydroxyl groups is 3. The first kappa shape index (κ1) is 54.0. The van der Waals surface area contributed by atoms with Crippen molar-refractivity contribution >= 4 is 12.2 Å². The lowest BCUT2D eigenvalue weighted by Gasteiger charge is -2.44. The number of ether oxygens (including phenoxy) is 3. The van der Waals surface area contributed by atoms with Crippen molar-refractivity contribution in [2.24, 2.45) is 63.5 Å². The van der Waals surface area contributed by atoms with Gasteiger partial charge in [-0.15, -0.1) is 0 Å². The van der Waals surface area contributed by atoms with Crippen LogP contribution < -0.4 is 25.3 Å². The predicted octanol–water partition coefficient (Wildman–Crippen LogP) is 10.7. The molecule has 8 N–H and O–H groups in total. The van der Waals surface area contributed by atoms with Crippen molar-refractivity contribution in [2.45, 2.75) is 174 Å². The summed E-state index contributed by atoms with van der Waals surface area (Å²) in [4.78, 5) is 17.2. The molecule has 4 aliphatic carbocycles. The molecular formula is C62H87N3O9. The van der Waals surface area contributed by atoms with Gasteiger partial charge in [0.25, 0.3) is 0 Å². The van der Waals surface area contributed by atoms with Gasteiger partial charge in [0.05, 0.1) is 19.3 Å². The number of methoxy groups -OCH3 is 1. The maximum absolute atomic E-state index is 12.4. The number of carbonyl (C=O) groups excluding carboxylic acids is 1. The topological polar surface area (TPSA) is 196 Å². The number of benzene rings is 3. The van der Waals surface area contributed by atoms with Gasteiger partial charge in [-0.25, -0.2) is 0 Å². The zero-order valence-corrected chi connectivity index (χ0v) is 44.9. The van der Waals surface area contributed by atoms with Crippen LogP contribution in [0.15, 0.2) is 53.5 Å². The summed E-state index contributed by atoms with van der Waals surface area (Å²) in [6.45, 7) is 9.93. The number of phenols is 2. The Morgan fingerprint density at radius 3 is 2.54 bits per heavy atom. The molecule has 3 aromatic rings. The molecule has 0 aromatic heterocycles. The summed E-state index contributed by atoms with van der Waals surface area (Å²) in [5, 5.41) is 61.8. The minimum Gasteiger partial charge on any atom is -0.508 e. The first-order chi connectivity index (χ1) is 35.7. The van der Waals surface area contributed by atoms with Crippen LogP contribution in [0.1, 0.15) is 164 Å². The van der Waals surface area contributed by atoms with Crippen LogP contribution >= 0.6 is 0 Å². The highest BCUT2D eigenvalue weighted by Gasteiger charge is 2.46. The number of rotatable bonds is 11. The van der Waals surface area contributed by atoms with E-state index in [9.17, 15) is 30.3 Å². The lowest BCUT2D eigenvalue weighted by molar-refractivity contribution is -0.109. The highest BCUT2D eigenvalue weighted by Crippen LogP contribution is 2.57.